The summed E-state index contributed by atoms with van der Waals surface area (Å²) in [7, 11) is 0. The van der Waals surface area contributed by atoms with E-state index >= 15 is 0 Å². The fourth-order valence-electron chi connectivity index (χ4n) is 1.87. The maximum atomic E-state index is 5.56. The Morgan fingerprint density at radius 1 is 1.69 bits per heavy atom. The van der Waals surface area contributed by atoms with E-state index in [1.165, 1.54) is 12.8 Å². The standard InChI is InChI=1S/C11H18N4S/c1-2-14-8-6-13-11(14)15(9-3-4-9)7-5-10(12)16/h6,8-9H,2-5,7H2,1H3,(H2,12,16). The van der Waals surface area contributed by atoms with Crippen LogP contribution >= 0.6 is 12.2 Å². The monoisotopic (exact) mass is 238 g/mol. The minimum atomic E-state index is 0.584. The Balaban J connectivity index is 2.09. The molecule has 0 spiro atoms. The number of nitrogens with two attached hydrogens (primary N) is 1. The molecule has 2 N–H and O–H groups in total. The fourth-order valence-corrected chi connectivity index (χ4v) is 1.96. The quantitative estimate of drug-likeness (QED) is 0.764. The molecule has 1 aliphatic rings. The zero-order valence-corrected chi connectivity index (χ0v) is 10.4. The van der Waals surface area contributed by atoms with Gasteiger partial charge in [0.2, 0.25) is 5.95 Å². The number of hydrogen-bond donors (Lipinski definition) is 1. The second kappa shape index (κ2) is 4.82. The number of rotatable bonds is 6. The lowest BCUT2D eigenvalue weighted by atomic mass is 10.4. The molecule has 1 fully saturated rings. The average molecular weight is 238 g/mol. The van der Waals surface area contributed by atoms with Crippen molar-refractivity contribution < 1.29 is 0 Å². The first-order valence-corrected chi connectivity index (χ1v) is 6.19. The number of aromatic nitrogens is 2. The summed E-state index contributed by atoms with van der Waals surface area (Å²) in [6, 6.07) is 0.641. The SMILES string of the molecule is CCn1ccnc1N(CCC(N)=S)C1CC1. The summed E-state index contributed by atoms with van der Waals surface area (Å²) in [6.07, 6.45) is 7.16. The van der Waals surface area contributed by atoms with E-state index in [2.05, 4.69) is 21.4 Å². The van der Waals surface area contributed by atoms with Gasteiger partial charge in [-0.25, -0.2) is 4.98 Å². The first-order valence-electron chi connectivity index (χ1n) is 5.78. The molecule has 0 atom stereocenters. The van der Waals surface area contributed by atoms with Crippen molar-refractivity contribution in [3.05, 3.63) is 12.4 Å². The molecule has 0 saturated heterocycles. The van der Waals surface area contributed by atoms with Gasteiger partial charge < -0.3 is 15.2 Å². The van der Waals surface area contributed by atoms with Gasteiger partial charge in [-0.05, 0) is 19.8 Å². The predicted octanol–water partition coefficient (Wildman–Crippen LogP) is 1.55. The highest BCUT2D eigenvalue weighted by Gasteiger charge is 2.31. The van der Waals surface area contributed by atoms with Crippen LogP contribution in [0.1, 0.15) is 26.2 Å². The van der Waals surface area contributed by atoms with Crippen molar-refractivity contribution >= 4 is 23.2 Å². The summed E-state index contributed by atoms with van der Waals surface area (Å²) >= 11 is 4.94. The summed E-state index contributed by atoms with van der Waals surface area (Å²) in [4.78, 5) is 7.35. The van der Waals surface area contributed by atoms with Gasteiger partial charge >= 0.3 is 0 Å². The Morgan fingerprint density at radius 2 is 2.44 bits per heavy atom. The number of imidazole rings is 1. The fraction of sp³-hybridized carbons (Fsp3) is 0.636. The van der Waals surface area contributed by atoms with Gasteiger partial charge in [0.25, 0.3) is 0 Å². The first-order chi connectivity index (χ1) is 7.72. The van der Waals surface area contributed by atoms with E-state index in [9.17, 15) is 0 Å². The van der Waals surface area contributed by atoms with E-state index < -0.39 is 0 Å². The molecule has 0 aliphatic heterocycles. The van der Waals surface area contributed by atoms with Crippen molar-refractivity contribution in [2.75, 3.05) is 11.4 Å². The molecule has 16 heavy (non-hydrogen) atoms. The summed E-state index contributed by atoms with van der Waals surface area (Å²) in [5.74, 6) is 1.06. The molecule has 1 saturated carbocycles. The maximum absolute atomic E-state index is 5.56. The van der Waals surface area contributed by atoms with Gasteiger partial charge in [0, 0.05) is 37.9 Å². The molecule has 0 radical (unpaired) electrons. The largest absolute Gasteiger partial charge is 0.393 e. The molecule has 1 aromatic heterocycles. The molecule has 1 aromatic rings. The molecule has 1 aliphatic carbocycles. The van der Waals surface area contributed by atoms with Crippen LogP contribution < -0.4 is 10.6 Å². The Bertz CT molecular complexity index is 370. The van der Waals surface area contributed by atoms with Crippen LogP contribution in [0.5, 0.6) is 0 Å². The summed E-state index contributed by atoms with van der Waals surface area (Å²) in [5.41, 5.74) is 5.56. The first kappa shape index (κ1) is 11.4. The molecule has 0 unspecified atom stereocenters. The Morgan fingerprint density at radius 3 is 3.00 bits per heavy atom. The van der Waals surface area contributed by atoms with E-state index in [0.29, 0.717) is 11.0 Å². The lowest BCUT2D eigenvalue weighted by Gasteiger charge is -2.23. The molecule has 5 heteroatoms. The van der Waals surface area contributed by atoms with Gasteiger partial charge in [0.05, 0.1) is 4.99 Å². The van der Waals surface area contributed by atoms with E-state index in [4.69, 9.17) is 18.0 Å². The molecule has 4 nitrogen and oxygen atoms in total. The van der Waals surface area contributed by atoms with Crippen molar-refractivity contribution in [1.29, 1.82) is 0 Å². The normalized spacial score (nSPS) is 15.1. The van der Waals surface area contributed by atoms with Crippen LogP contribution in [0.15, 0.2) is 12.4 Å². The highest BCUT2D eigenvalue weighted by molar-refractivity contribution is 7.80. The van der Waals surface area contributed by atoms with Crippen molar-refractivity contribution in [3.63, 3.8) is 0 Å². The molecular weight excluding hydrogens is 220 g/mol. The molecule has 1 heterocycles. The highest BCUT2D eigenvalue weighted by atomic mass is 32.1. The second-order valence-electron chi connectivity index (χ2n) is 4.15. The van der Waals surface area contributed by atoms with Crippen LogP contribution in [0.3, 0.4) is 0 Å². The molecule has 88 valence electrons. The number of nitrogens with zero attached hydrogens (tertiary/aromatic N) is 3. The van der Waals surface area contributed by atoms with Gasteiger partial charge in [-0.2, -0.15) is 0 Å². The van der Waals surface area contributed by atoms with Crippen molar-refractivity contribution in [1.82, 2.24) is 9.55 Å². The third-order valence-electron chi connectivity index (χ3n) is 2.88. The Hall–Kier alpha value is -1.10. The average Bonchev–Trinajstić information content (AvgIpc) is 2.96. The summed E-state index contributed by atoms with van der Waals surface area (Å²) < 4.78 is 2.16. The smallest absolute Gasteiger partial charge is 0.205 e. The molecule has 0 bridgehead atoms. The zero-order chi connectivity index (χ0) is 11.5. The summed E-state index contributed by atoms with van der Waals surface area (Å²) in [5, 5.41) is 0. The van der Waals surface area contributed by atoms with Crippen LogP contribution in [0.25, 0.3) is 0 Å². The Kier molecular flexibility index (Phi) is 3.43. The van der Waals surface area contributed by atoms with Gasteiger partial charge in [-0.1, -0.05) is 12.2 Å². The van der Waals surface area contributed by atoms with Crippen LogP contribution in [-0.2, 0) is 6.54 Å². The highest BCUT2D eigenvalue weighted by Crippen LogP contribution is 2.30. The number of anilines is 1. The predicted molar refractivity (Wildman–Crippen MR) is 69.7 cm³/mol. The third kappa shape index (κ3) is 2.52. The van der Waals surface area contributed by atoms with Crippen LogP contribution in [-0.4, -0.2) is 27.1 Å². The van der Waals surface area contributed by atoms with Gasteiger partial charge in [-0.3, -0.25) is 0 Å². The topological polar surface area (TPSA) is 47.1 Å². The maximum Gasteiger partial charge on any atom is 0.205 e. The van der Waals surface area contributed by atoms with Gasteiger partial charge in [0.15, 0.2) is 0 Å². The second-order valence-corrected chi connectivity index (χ2v) is 4.68. The zero-order valence-electron chi connectivity index (χ0n) is 9.59. The lowest BCUT2D eigenvalue weighted by Crippen LogP contribution is -2.31. The van der Waals surface area contributed by atoms with E-state index in [0.717, 1.165) is 25.5 Å². The van der Waals surface area contributed by atoms with E-state index in [-0.39, 0.29) is 0 Å². The minimum Gasteiger partial charge on any atom is -0.393 e. The minimum absolute atomic E-state index is 0.584. The van der Waals surface area contributed by atoms with Crippen molar-refractivity contribution in [2.24, 2.45) is 5.73 Å². The Labute approximate surface area is 101 Å². The number of aryl methyl sites for hydroxylation is 1. The van der Waals surface area contributed by atoms with Crippen LogP contribution in [0, 0.1) is 0 Å². The molecule has 2 rings (SSSR count). The summed E-state index contributed by atoms with van der Waals surface area (Å²) in [6.45, 7) is 3.96. The molecule has 0 aromatic carbocycles. The van der Waals surface area contributed by atoms with E-state index in [1.807, 2.05) is 12.4 Å². The van der Waals surface area contributed by atoms with Gasteiger partial charge in [0.1, 0.15) is 0 Å². The van der Waals surface area contributed by atoms with Crippen molar-refractivity contribution in [2.45, 2.75) is 38.8 Å². The lowest BCUT2D eigenvalue weighted by molar-refractivity contribution is 0.690. The molecule has 0 amide bonds. The van der Waals surface area contributed by atoms with Gasteiger partial charge in [-0.15, -0.1) is 0 Å². The van der Waals surface area contributed by atoms with Crippen LogP contribution in [0.4, 0.5) is 5.95 Å². The third-order valence-corrected chi connectivity index (χ3v) is 3.08. The number of thiocarbonyl (C=S) groups is 1. The van der Waals surface area contributed by atoms with E-state index in [1.54, 1.807) is 0 Å². The van der Waals surface area contributed by atoms with Crippen molar-refractivity contribution in [3.8, 4) is 0 Å². The number of hydrogen-bond acceptors (Lipinski definition) is 3. The molecular formula is C11H18N4S. The van der Waals surface area contributed by atoms with Crippen LogP contribution in [0.2, 0.25) is 0 Å².